The highest BCUT2D eigenvalue weighted by Crippen LogP contribution is 2.45. The molecule has 0 bridgehead atoms. The van der Waals surface area contributed by atoms with Gasteiger partial charge in [0, 0.05) is 12.0 Å². The molecule has 3 saturated heterocycles. The van der Waals surface area contributed by atoms with E-state index in [9.17, 15) is 23.4 Å². The fourth-order valence-corrected chi connectivity index (χ4v) is 6.29. The zero-order chi connectivity index (χ0) is 24.6. The summed E-state index contributed by atoms with van der Waals surface area (Å²) >= 11 is 1.91. The van der Waals surface area contributed by atoms with Crippen LogP contribution in [0.3, 0.4) is 0 Å². The Kier molecular flexibility index (Phi) is 7.38. The zero-order valence-electron chi connectivity index (χ0n) is 19.0. The Bertz CT molecular complexity index is 1010. The van der Waals surface area contributed by atoms with E-state index in [1.165, 1.54) is 10.9 Å². The summed E-state index contributed by atoms with van der Waals surface area (Å²) in [5, 5.41) is 29.2. The van der Waals surface area contributed by atoms with Crippen molar-refractivity contribution < 1.29 is 37.6 Å². The van der Waals surface area contributed by atoms with Crippen molar-refractivity contribution in [3.05, 3.63) is 35.8 Å². The molecule has 0 amide bonds. The van der Waals surface area contributed by atoms with Gasteiger partial charge in [0.25, 0.3) is 0 Å². The van der Waals surface area contributed by atoms with Crippen LogP contribution in [0.5, 0.6) is 0 Å². The summed E-state index contributed by atoms with van der Waals surface area (Å²) < 4.78 is 60.9. The first-order valence-electron chi connectivity index (χ1n) is 11.8. The van der Waals surface area contributed by atoms with Gasteiger partial charge in [-0.1, -0.05) is 5.21 Å². The second kappa shape index (κ2) is 10.3. The number of benzene rings is 1. The summed E-state index contributed by atoms with van der Waals surface area (Å²) in [6.07, 6.45) is 1.73. The second-order valence-corrected chi connectivity index (χ2v) is 10.5. The zero-order valence-corrected chi connectivity index (χ0v) is 19.8. The molecule has 3 fully saturated rings. The maximum Gasteiger partial charge on any atom is 0.197 e. The van der Waals surface area contributed by atoms with Crippen LogP contribution in [0.1, 0.15) is 31.7 Å². The predicted octanol–water partition coefficient (Wildman–Crippen LogP) is 2.69. The summed E-state index contributed by atoms with van der Waals surface area (Å²) in [5.74, 6) is -2.95. The minimum Gasteiger partial charge on any atom is -0.394 e. The van der Waals surface area contributed by atoms with Crippen LogP contribution in [-0.2, 0) is 14.2 Å². The minimum absolute atomic E-state index is 0.00286. The first kappa shape index (κ1) is 25.0. The molecule has 0 radical (unpaired) electrons. The van der Waals surface area contributed by atoms with E-state index in [2.05, 4.69) is 10.3 Å². The molecule has 0 saturated carbocycles. The fourth-order valence-electron chi connectivity index (χ4n) is 5.08. The Morgan fingerprint density at radius 3 is 2.60 bits per heavy atom. The molecule has 192 valence electrons. The van der Waals surface area contributed by atoms with Gasteiger partial charge in [0.15, 0.2) is 23.2 Å². The van der Waals surface area contributed by atoms with Crippen LogP contribution in [0, 0.1) is 23.4 Å². The molecule has 3 aliphatic rings. The highest BCUT2D eigenvalue weighted by Gasteiger charge is 2.58. The number of halogens is 3. The molecule has 5 rings (SSSR count). The van der Waals surface area contributed by atoms with Gasteiger partial charge in [-0.05, 0) is 48.8 Å². The van der Waals surface area contributed by atoms with Crippen LogP contribution in [-0.4, -0.2) is 80.6 Å². The van der Waals surface area contributed by atoms with E-state index >= 15 is 0 Å². The van der Waals surface area contributed by atoms with E-state index in [-0.39, 0.29) is 11.3 Å². The summed E-state index contributed by atoms with van der Waals surface area (Å²) in [6, 6.07) is 0.814. The van der Waals surface area contributed by atoms with Crippen molar-refractivity contribution in [3.8, 4) is 11.3 Å². The number of ether oxygens (including phenoxy) is 3. The third kappa shape index (κ3) is 4.84. The molecule has 2 aromatic rings. The highest BCUT2D eigenvalue weighted by atomic mass is 32.2. The Balaban J connectivity index is 1.48. The molecule has 1 spiro atoms. The number of aliphatic hydroxyl groups is 2. The normalized spacial score (nSPS) is 31.9. The van der Waals surface area contributed by atoms with Crippen LogP contribution in [0.15, 0.2) is 18.3 Å². The van der Waals surface area contributed by atoms with E-state index in [1.54, 1.807) is 0 Å². The van der Waals surface area contributed by atoms with Gasteiger partial charge in [-0.15, -0.1) is 5.10 Å². The van der Waals surface area contributed by atoms with Crippen LogP contribution in [0.25, 0.3) is 11.3 Å². The van der Waals surface area contributed by atoms with Gasteiger partial charge >= 0.3 is 0 Å². The van der Waals surface area contributed by atoms with E-state index < -0.39 is 54.2 Å². The van der Waals surface area contributed by atoms with Gasteiger partial charge in [-0.25, -0.2) is 17.9 Å². The van der Waals surface area contributed by atoms with Gasteiger partial charge in [0.2, 0.25) is 0 Å². The molecule has 3 aliphatic heterocycles. The molecule has 1 aromatic heterocycles. The van der Waals surface area contributed by atoms with E-state index in [0.717, 1.165) is 42.9 Å². The number of aliphatic hydroxyl groups excluding tert-OH is 2. The minimum atomic E-state index is -1.57. The van der Waals surface area contributed by atoms with Gasteiger partial charge in [-0.2, -0.15) is 11.8 Å². The fraction of sp³-hybridized carbons (Fsp3) is 0.652. The smallest absolute Gasteiger partial charge is 0.197 e. The number of thioether (sulfide) groups is 1. The average molecular weight is 516 g/mol. The molecule has 5 atom stereocenters. The average Bonchev–Trinajstić information content (AvgIpc) is 3.54. The molecule has 35 heavy (non-hydrogen) atoms. The topological polar surface area (TPSA) is 98.9 Å². The van der Waals surface area contributed by atoms with Crippen molar-refractivity contribution in [2.45, 2.75) is 55.8 Å². The first-order valence-corrected chi connectivity index (χ1v) is 12.9. The largest absolute Gasteiger partial charge is 0.394 e. The van der Waals surface area contributed by atoms with Crippen molar-refractivity contribution in [2.75, 3.05) is 31.3 Å². The number of rotatable bonds is 6. The van der Waals surface area contributed by atoms with Crippen molar-refractivity contribution in [1.29, 1.82) is 0 Å². The second-order valence-electron chi connectivity index (χ2n) is 9.23. The summed E-state index contributed by atoms with van der Waals surface area (Å²) in [7, 11) is 0. The lowest BCUT2D eigenvalue weighted by atomic mass is 9.88. The van der Waals surface area contributed by atoms with E-state index in [4.69, 9.17) is 14.2 Å². The quantitative estimate of drug-likeness (QED) is 0.567. The molecule has 0 aliphatic carbocycles. The Labute approximate surface area is 204 Å². The monoisotopic (exact) mass is 515 g/mol. The highest BCUT2D eigenvalue weighted by molar-refractivity contribution is 7.99. The molecule has 1 aromatic carbocycles. The third-order valence-electron chi connectivity index (χ3n) is 6.97. The number of hydrogen-bond donors (Lipinski definition) is 2. The molecular formula is C23H28F3N3O5S. The lowest BCUT2D eigenvalue weighted by Gasteiger charge is -2.49. The number of nitrogens with zero attached hydrogens (tertiary/aromatic N) is 3. The van der Waals surface area contributed by atoms with Crippen molar-refractivity contribution >= 4 is 11.8 Å². The SMILES string of the molecule is OC[C@H]1O[C@@]2(CCCO2)[C@H](OCC2CCSCC2)[C@@H](n2cc(-c3cc(F)c(F)c(F)c3)nn2)[C@H]1O. The molecule has 4 heterocycles. The van der Waals surface area contributed by atoms with Crippen LogP contribution in [0.4, 0.5) is 13.2 Å². The van der Waals surface area contributed by atoms with Crippen LogP contribution < -0.4 is 0 Å². The summed E-state index contributed by atoms with van der Waals surface area (Å²) in [6.45, 7) is 0.436. The van der Waals surface area contributed by atoms with Gasteiger partial charge in [0.05, 0.1) is 26.0 Å². The maximum atomic E-state index is 13.8. The first-order chi connectivity index (χ1) is 16.9. The third-order valence-corrected chi connectivity index (χ3v) is 8.02. The molecule has 0 unspecified atom stereocenters. The Morgan fingerprint density at radius 1 is 1.20 bits per heavy atom. The van der Waals surface area contributed by atoms with Crippen LogP contribution in [0.2, 0.25) is 0 Å². The van der Waals surface area contributed by atoms with Crippen molar-refractivity contribution in [1.82, 2.24) is 15.0 Å². The molecular weight excluding hydrogens is 487 g/mol. The van der Waals surface area contributed by atoms with Crippen molar-refractivity contribution in [2.24, 2.45) is 5.92 Å². The molecule has 8 nitrogen and oxygen atoms in total. The summed E-state index contributed by atoms with van der Waals surface area (Å²) in [5.41, 5.74) is 0.0865. The number of aromatic nitrogens is 3. The summed E-state index contributed by atoms with van der Waals surface area (Å²) in [4.78, 5) is 0. The molecule has 2 N–H and O–H groups in total. The van der Waals surface area contributed by atoms with Gasteiger partial charge in [-0.3, -0.25) is 0 Å². The lowest BCUT2D eigenvalue weighted by molar-refractivity contribution is -0.347. The molecule has 12 heteroatoms. The van der Waals surface area contributed by atoms with Crippen molar-refractivity contribution in [3.63, 3.8) is 0 Å². The maximum absolute atomic E-state index is 13.8. The Morgan fingerprint density at radius 2 is 1.94 bits per heavy atom. The van der Waals surface area contributed by atoms with Gasteiger partial charge < -0.3 is 24.4 Å². The van der Waals surface area contributed by atoms with E-state index in [1.807, 2.05) is 11.8 Å². The lowest BCUT2D eigenvalue weighted by Crippen LogP contribution is -2.63. The standard InChI is InChI=1S/C23H28F3N3O5S/c24-15-8-14(9-16(25)19(15)26)17-10-29(28-27-17)20-21(31)18(11-30)34-23(4-1-5-33-23)22(20)32-12-13-2-6-35-7-3-13/h8-10,13,18,20-22,30-31H,1-7,11-12H2/t18-,20+,21+,22-,23+/m1/s1. The van der Waals surface area contributed by atoms with Crippen LogP contribution >= 0.6 is 11.8 Å². The van der Waals surface area contributed by atoms with Gasteiger partial charge in [0.1, 0.15) is 30.0 Å². The number of hydrogen-bond acceptors (Lipinski definition) is 8. The van der Waals surface area contributed by atoms with E-state index in [0.29, 0.717) is 25.6 Å². The Hall–Kier alpha value is -1.70. The predicted molar refractivity (Wildman–Crippen MR) is 120 cm³/mol.